The highest BCUT2D eigenvalue weighted by atomic mass is 16.4. The fourth-order valence-corrected chi connectivity index (χ4v) is 3.83. The van der Waals surface area contributed by atoms with Crippen molar-refractivity contribution in [1.29, 1.82) is 0 Å². The second kappa shape index (κ2) is 7.46. The minimum Gasteiger partial charge on any atom is -0.481 e. The van der Waals surface area contributed by atoms with Crippen LogP contribution in [0.15, 0.2) is 35.1 Å². The van der Waals surface area contributed by atoms with Gasteiger partial charge < -0.3 is 15.0 Å². The average molecular weight is 397 g/mol. The highest BCUT2D eigenvalue weighted by Crippen LogP contribution is 2.36. The van der Waals surface area contributed by atoms with Crippen molar-refractivity contribution in [2.24, 2.45) is 0 Å². The van der Waals surface area contributed by atoms with Gasteiger partial charge in [-0.2, -0.15) is 0 Å². The molecule has 0 unspecified atom stereocenters. The molecule has 2 heterocycles. The molecule has 1 amide bonds. The summed E-state index contributed by atoms with van der Waals surface area (Å²) in [6, 6.07) is 9.12. The van der Waals surface area contributed by atoms with Crippen molar-refractivity contribution in [2.75, 3.05) is 13.1 Å². The van der Waals surface area contributed by atoms with Gasteiger partial charge in [-0.1, -0.05) is 51.1 Å². The van der Waals surface area contributed by atoms with Crippen molar-refractivity contribution in [3.8, 4) is 0 Å². The van der Waals surface area contributed by atoms with Crippen LogP contribution < -0.4 is 5.56 Å². The van der Waals surface area contributed by atoms with Crippen LogP contribution in [0.5, 0.6) is 0 Å². The number of amides is 1. The number of nitrogens with zero attached hydrogens (tertiary/aromatic N) is 2. The Hall–Kier alpha value is -2.96. The number of carboxylic acid groups (broad SMARTS) is 1. The van der Waals surface area contributed by atoms with Gasteiger partial charge in [0, 0.05) is 18.5 Å². The largest absolute Gasteiger partial charge is 0.481 e. The van der Waals surface area contributed by atoms with Crippen LogP contribution in [0.1, 0.15) is 61.1 Å². The number of carbonyl (C=O) groups excluding carboxylic acids is 1. The molecule has 2 aromatic rings. The SMILES string of the molecule is Cc1nc(C(C)(C)C)[nH]c(=O)c1C(=O)N1CCC(C(=O)O)(c2ccccc2)CC1. The van der Waals surface area contributed by atoms with Gasteiger partial charge in [-0.15, -0.1) is 0 Å². The summed E-state index contributed by atoms with van der Waals surface area (Å²) in [5.74, 6) is -0.756. The zero-order chi connectivity index (χ0) is 21.4. The monoisotopic (exact) mass is 397 g/mol. The van der Waals surface area contributed by atoms with E-state index in [4.69, 9.17) is 0 Å². The first-order valence-corrected chi connectivity index (χ1v) is 9.76. The Morgan fingerprint density at radius 3 is 2.21 bits per heavy atom. The molecule has 7 heteroatoms. The molecule has 0 aliphatic carbocycles. The van der Waals surface area contributed by atoms with Crippen LogP contribution in [0.2, 0.25) is 0 Å². The van der Waals surface area contributed by atoms with Crippen molar-refractivity contribution in [3.05, 3.63) is 63.3 Å². The number of likely N-dealkylation sites (tertiary alicyclic amines) is 1. The topological polar surface area (TPSA) is 103 Å². The van der Waals surface area contributed by atoms with Crippen LogP contribution in [-0.2, 0) is 15.6 Å². The van der Waals surface area contributed by atoms with Crippen LogP contribution in [-0.4, -0.2) is 44.9 Å². The summed E-state index contributed by atoms with van der Waals surface area (Å²) in [4.78, 5) is 46.5. The normalized spacial score (nSPS) is 16.5. The third kappa shape index (κ3) is 3.81. The maximum atomic E-state index is 13.0. The third-order valence-corrected chi connectivity index (χ3v) is 5.66. The number of hydrogen-bond donors (Lipinski definition) is 2. The number of carboxylic acids is 1. The molecule has 0 bridgehead atoms. The number of hydrogen-bond acceptors (Lipinski definition) is 4. The van der Waals surface area contributed by atoms with E-state index in [0.717, 1.165) is 5.56 Å². The van der Waals surface area contributed by atoms with E-state index >= 15 is 0 Å². The van der Waals surface area contributed by atoms with E-state index in [1.165, 1.54) is 0 Å². The second-order valence-electron chi connectivity index (χ2n) is 8.67. The Labute approximate surface area is 169 Å². The van der Waals surface area contributed by atoms with Crippen LogP contribution in [0, 0.1) is 6.92 Å². The Morgan fingerprint density at radius 2 is 1.72 bits per heavy atom. The Kier molecular flexibility index (Phi) is 5.34. The molecule has 1 aliphatic heterocycles. The molecule has 7 nitrogen and oxygen atoms in total. The standard InChI is InChI=1S/C22H27N3O4/c1-14-16(17(26)24-19(23-14)21(2,3)4)18(27)25-12-10-22(11-13-25,20(28)29)15-8-6-5-7-9-15/h5-9H,10-13H2,1-4H3,(H,28,29)(H,23,24,26). The number of carbonyl (C=O) groups is 2. The lowest BCUT2D eigenvalue weighted by molar-refractivity contribution is -0.145. The van der Waals surface area contributed by atoms with Crippen LogP contribution in [0.4, 0.5) is 0 Å². The molecule has 0 spiro atoms. The Balaban J connectivity index is 1.85. The number of H-pyrrole nitrogens is 1. The van der Waals surface area contributed by atoms with Gasteiger partial charge in [0.2, 0.25) is 0 Å². The van der Waals surface area contributed by atoms with E-state index in [1.54, 1.807) is 11.8 Å². The zero-order valence-corrected chi connectivity index (χ0v) is 17.3. The quantitative estimate of drug-likeness (QED) is 0.829. The summed E-state index contributed by atoms with van der Waals surface area (Å²) in [6.45, 7) is 8.00. The molecular weight excluding hydrogens is 370 g/mol. The smallest absolute Gasteiger partial charge is 0.314 e. The van der Waals surface area contributed by atoms with E-state index < -0.39 is 22.9 Å². The van der Waals surface area contributed by atoms with Crippen molar-refractivity contribution in [3.63, 3.8) is 0 Å². The van der Waals surface area contributed by atoms with E-state index in [1.807, 2.05) is 51.1 Å². The molecule has 0 atom stereocenters. The molecule has 1 fully saturated rings. The van der Waals surface area contributed by atoms with Gasteiger partial charge in [-0.3, -0.25) is 14.4 Å². The lowest BCUT2D eigenvalue weighted by Gasteiger charge is -2.39. The molecule has 1 aromatic heterocycles. The number of benzene rings is 1. The lowest BCUT2D eigenvalue weighted by atomic mass is 9.72. The maximum Gasteiger partial charge on any atom is 0.314 e. The highest BCUT2D eigenvalue weighted by molar-refractivity contribution is 5.95. The molecule has 1 aliphatic rings. The number of aryl methyl sites for hydroxylation is 1. The summed E-state index contributed by atoms with van der Waals surface area (Å²) in [5.41, 5.74) is -0.654. The number of aromatic amines is 1. The van der Waals surface area contributed by atoms with Crippen molar-refractivity contribution < 1.29 is 14.7 Å². The first kappa shape index (κ1) is 20.8. The molecule has 0 radical (unpaired) electrons. The number of aliphatic carboxylic acids is 1. The lowest BCUT2D eigenvalue weighted by Crippen LogP contribution is -2.50. The minimum absolute atomic E-state index is 0.0283. The molecule has 154 valence electrons. The molecule has 0 saturated carbocycles. The van der Waals surface area contributed by atoms with Gasteiger partial charge in [-0.25, -0.2) is 4.98 Å². The average Bonchev–Trinajstić information content (AvgIpc) is 2.67. The first-order chi connectivity index (χ1) is 13.6. The van der Waals surface area contributed by atoms with Gasteiger partial charge in [0.1, 0.15) is 11.4 Å². The van der Waals surface area contributed by atoms with E-state index in [0.29, 0.717) is 24.4 Å². The van der Waals surface area contributed by atoms with Gasteiger partial charge in [0.15, 0.2) is 0 Å². The number of piperidine rings is 1. The van der Waals surface area contributed by atoms with E-state index in [9.17, 15) is 19.5 Å². The maximum absolute atomic E-state index is 13.0. The van der Waals surface area contributed by atoms with Gasteiger partial charge in [0.25, 0.3) is 11.5 Å². The highest BCUT2D eigenvalue weighted by Gasteiger charge is 2.44. The third-order valence-electron chi connectivity index (χ3n) is 5.66. The van der Waals surface area contributed by atoms with Crippen molar-refractivity contribution in [1.82, 2.24) is 14.9 Å². The molecular formula is C22H27N3O4. The predicted molar refractivity (Wildman–Crippen MR) is 109 cm³/mol. The number of aromatic nitrogens is 2. The van der Waals surface area contributed by atoms with E-state index in [2.05, 4.69) is 9.97 Å². The van der Waals surface area contributed by atoms with Crippen LogP contribution in [0.3, 0.4) is 0 Å². The fraction of sp³-hybridized carbons (Fsp3) is 0.455. The van der Waals surface area contributed by atoms with Gasteiger partial charge in [0.05, 0.1) is 11.1 Å². The summed E-state index contributed by atoms with van der Waals surface area (Å²) in [6.07, 6.45) is 0.588. The minimum atomic E-state index is -1.02. The number of nitrogens with one attached hydrogen (secondary N) is 1. The summed E-state index contributed by atoms with van der Waals surface area (Å²) >= 11 is 0. The Morgan fingerprint density at radius 1 is 1.14 bits per heavy atom. The molecule has 2 N–H and O–H groups in total. The molecule has 29 heavy (non-hydrogen) atoms. The Bertz CT molecular complexity index is 981. The molecule has 3 rings (SSSR count). The summed E-state index contributed by atoms with van der Waals surface area (Å²) in [7, 11) is 0. The summed E-state index contributed by atoms with van der Waals surface area (Å²) < 4.78 is 0. The predicted octanol–water partition coefficient (Wildman–Crippen LogP) is 2.63. The fourth-order valence-electron chi connectivity index (χ4n) is 3.83. The number of rotatable bonds is 3. The van der Waals surface area contributed by atoms with Crippen molar-refractivity contribution >= 4 is 11.9 Å². The molecule has 1 aromatic carbocycles. The van der Waals surface area contributed by atoms with Crippen molar-refractivity contribution in [2.45, 2.75) is 51.4 Å². The van der Waals surface area contributed by atoms with Gasteiger partial charge >= 0.3 is 5.97 Å². The summed E-state index contributed by atoms with van der Waals surface area (Å²) in [5, 5.41) is 9.91. The van der Waals surface area contributed by atoms with Gasteiger partial charge in [-0.05, 0) is 25.3 Å². The first-order valence-electron chi connectivity index (χ1n) is 9.76. The second-order valence-corrected chi connectivity index (χ2v) is 8.67. The van der Waals surface area contributed by atoms with Crippen LogP contribution in [0.25, 0.3) is 0 Å². The van der Waals surface area contributed by atoms with E-state index in [-0.39, 0.29) is 24.1 Å². The molecule has 1 saturated heterocycles. The zero-order valence-electron chi connectivity index (χ0n) is 17.3. The van der Waals surface area contributed by atoms with Crippen LogP contribution >= 0.6 is 0 Å².